The molecule has 18 heavy (non-hydrogen) atoms. The van der Waals surface area contributed by atoms with Crippen molar-refractivity contribution in [3.63, 3.8) is 0 Å². The normalized spacial score (nSPS) is 17.4. The van der Waals surface area contributed by atoms with Gasteiger partial charge < -0.3 is 9.73 Å². The van der Waals surface area contributed by atoms with E-state index in [2.05, 4.69) is 35.3 Å². The van der Waals surface area contributed by atoms with E-state index in [9.17, 15) is 0 Å². The first-order valence-electron chi connectivity index (χ1n) is 6.66. The van der Waals surface area contributed by atoms with Gasteiger partial charge in [-0.3, -0.25) is 4.90 Å². The summed E-state index contributed by atoms with van der Waals surface area (Å²) in [5.74, 6) is 1.04. The molecule has 0 aliphatic carbocycles. The first-order valence-corrected chi connectivity index (χ1v) is 6.66. The number of aryl methyl sites for hydroxylation is 2. The van der Waals surface area contributed by atoms with Crippen LogP contribution in [0.2, 0.25) is 0 Å². The van der Waals surface area contributed by atoms with Gasteiger partial charge in [-0.2, -0.15) is 0 Å². The fraction of sp³-hybridized carbons (Fsp3) is 0.467. The third kappa shape index (κ3) is 2.04. The molecule has 3 rings (SSSR count). The molecule has 0 radical (unpaired) electrons. The van der Waals surface area contributed by atoms with Gasteiger partial charge in [-0.05, 0) is 31.0 Å². The Morgan fingerprint density at radius 2 is 2.00 bits per heavy atom. The summed E-state index contributed by atoms with van der Waals surface area (Å²) in [4.78, 5) is 2.51. The number of rotatable bonds is 2. The lowest BCUT2D eigenvalue weighted by Crippen LogP contribution is -2.42. The molecule has 3 nitrogen and oxygen atoms in total. The van der Waals surface area contributed by atoms with Crippen molar-refractivity contribution in [3.8, 4) is 0 Å². The van der Waals surface area contributed by atoms with Crippen molar-refractivity contribution in [2.45, 2.75) is 20.4 Å². The highest BCUT2D eigenvalue weighted by molar-refractivity contribution is 5.85. The zero-order valence-corrected chi connectivity index (χ0v) is 11.1. The first-order chi connectivity index (χ1) is 8.75. The summed E-state index contributed by atoms with van der Waals surface area (Å²) >= 11 is 0. The molecule has 2 heterocycles. The lowest BCUT2D eigenvalue weighted by molar-refractivity contribution is 0.234. The van der Waals surface area contributed by atoms with Crippen molar-refractivity contribution in [3.05, 3.63) is 35.1 Å². The van der Waals surface area contributed by atoms with Crippen LogP contribution in [0.15, 0.2) is 22.6 Å². The standard InChI is InChI=1S/C15H20N2O/c1-11-12(2)18-14-5-3-4-13(15(11)14)10-17-8-6-16-7-9-17/h3-5,16H,6-10H2,1-2H3. The van der Waals surface area contributed by atoms with Gasteiger partial charge in [0, 0.05) is 38.1 Å². The van der Waals surface area contributed by atoms with E-state index in [1.807, 2.05) is 6.92 Å². The number of fused-ring (bicyclic) bond motifs is 1. The van der Waals surface area contributed by atoms with Gasteiger partial charge in [-0.1, -0.05) is 12.1 Å². The molecule has 96 valence electrons. The molecule has 1 aliphatic heterocycles. The Morgan fingerprint density at radius 3 is 2.78 bits per heavy atom. The maximum atomic E-state index is 5.80. The molecule has 1 N–H and O–H groups in total. The lowest BCUT2D eigenvalue weighted by Gasteiger charge is -2.27. The summed E-state index contributed by atoms with van der Waals surface area (Å²) in [6.07, 6.45) is 0. The van der Waals surface area contributed by atoms with Crippen LogP contribution in [0.25, 0.3) is 11.0 Å². The maximum Gasteiger partial charge on any atom is 0.134 e. The van der Waals surface area contributed by atoms with Gasteiger partial charge in [0.15, 0.2) is 0 Å². The van der Waals surface area contributed by atoms with E-state index in [-0.39, 0.29) is 0 Å². The molecular weight excluding hydrogens is 224 g/mol. The molecule has 0 spiro atoms. The number of hydrogen-bond donors (Lipinski definition) is 1. The van der Waals surface area contributed by atoms with Gasteiger partial charge in [0.05, 0.1) is 0 Å². The van der Waals surface area contributed by atoms with Crippen LogP contribution in [0.5, 0.6) is 0 Å². The van der Waals surface area contributed by atoms with Crippen molar-refractivity contribution in [1.82, 2.24) is 10.2 Å². The Kier molecular flexibility index (Phi) is 3.10. The first kappa shape index (κ1) is 11.8. The predicted molar refractivity (Wildman–Crippen MR) is 73.8 cm³/mol. The third-order valence-electron chi connectivity index (χ3n) is 3.88. The highest BCUT2D eigenvalue weighted by Gasteiger charge is 2.15. The van der Waals surface area contributed by atoms with E-state index in [0.717, 1.165) is 44.1 Å². The smallest absolute Gasteiger partial charge is 0.134 e. The van der Waals surface area contributed by atoms with Crippen LogP contribution in [0.3, 0.4) is 0 Å². The summed E-state index contributed by atoms with van der Waals surface area (Å²) in [5.41, 5.74) is 3.71. The molecule has 0 amide bonds. The summed E-state index contributed by atoms with van der Waals surface area (Å²) in [5, 5.41) is 4.71. The van der Waals surface area contributed by atoms with Crippen LogP contribution in [0.1, 0.15) is 16.9 Å². The van der Waals surface area contributed by atoms with E-state index >= 15 is 0 Å². The zero-order valence-electron chi connectivity index (χ0n) is 11.1. The van der Waals surface area contributed by atoms with Gasteiger partial charge in [-0.25, -0.2) is 0 Å². The van der Waals surface area contributed by atoms with Gasteiger partial charge in [0.2, 0.25) is 0 Å². The number of hydrogen-bond acceptors (Lipinski definition) is 3. The van der Waals surface area contributed by atoms with E-state index < -0.39 is 0 Å². The Labute approximate surface area is 108 Å². The minimum absolute atomic E-state index is 1.03. The molecule has 1 fully saturated rings. The zero-order chi connectivity index (χ0) is 12.5. The topological polar surface area (TPSA) is 28.4 Å². The number of benzene rings is 1. The van der Waals surface area contributed by atoms with Crippen LogP contribution in [-0.2, 0) is 6.54 Å². The van der Waals surface area contributed by atoms with E-state index in [0.29, 0.717) is 0 Å². The van der Waals surface area contributed by atoms with Crippen LogP contribution in [0, 0.1) is 13.8 Å². The molecule has 0 atom stereocenters. The van der Waals surface area contributed by atoms with Gasteiger partial charge in [-0.15, -0.1) is 0 Å². The molecule has 0 unspecified atom stereocenters. The molecular formula is C15H20N2O. The average Bonchev–Trinajstić information content (AvgIpc) is 2.67. The van der Waals surface area contributed by atoms with E-state index in [1.165, 1.54) is 16.5 Å². The Bertz CT molecular complexity index is 553. The minimum atomic E-state index is 1.03. The number of piperazine rings is 1. The van der Waals surface area contributed by atoms with Crippen molar-refractivity contribution in [2.24, 2.45) is 0 Å². The SMILES string of the molecule is Cc1oc2cccc(CN3CCNCC3)c2c1C. The maximum absolute atomic E-state index is 5.80. The lowest BCUT2D eigenvalue weighted by atomic mass is 10.1. The molecule has 2 aromatic rings. The second-order valence-corrected chi connectivity index (χ2v) is 5.10. The van der Waals surface area contributed by atoms with Crippen molar-refractivity contribution >= 4 is 11.0 Å². The Morgan fingerprint density at radius 1 is 1.22 bits per heavy atom. The minimum Gasteiger partial charge on any atom is -0.461 e. The summed E-state index contributed by atoms with van der Waals surface area (Å²) < 4.78 is 5.80. The van der Waals surface area contributed by atoms with Crippen LogP contribution >= 0.6 is 0 Å². The number of nitrogens with one attached hydrogen (secondary N) is 1. The fourth-order valence-corrected chi connectivity index (χ4v) is 2.75. The molecule has 1 aliphatic rings. The number of nitrogens with zero attached hydrogens (tertiary/aromatic N) is 1. The van der Waals surface area contributed by atoms with E-state index in [1.54, 1.807) is 0 Å². The third-order valence-corrected chi connectivity index (χ3v) is 3.88. The largest absolute Gasteiger partial charge is 0.461 e. The highest BCUT2D eigenvalue weighted by Crippen LogP contribution is 2.28. The van der Waals surface area contributed by atoms with Crippen molar-refractivity contribution < 1.29 is 4.42 Å². The Balaban J connectivity index is 1.95. The summed E-state index contributed by atoms with van der Waals surface area (Å²) in [7, 11) is 0. The molecule has 1 saturated heterocycles. The second-order valence-electron chi connectivity index (χ2n) is 5.10. The molecule has 3 heteroatoms. The van der Waals surface area contributed by atoms with Crippen LogP contribution in [0.4, 0.5) is 0 Å². The number of furan rings is 1. The average molecular weight is 244 g/mol. The Hall–Kier alpha value is -1.32. The van der Waals surface area contributed by atoms with Gasteiger partial charge in [0.25, 0.3) is 0 Å². The monoisotopic (exact) mass is 244 g/mol. The van der Waals surface area contributed by atoms with Crippen molar-refractivity contribution in [1.29, 1.82) is 0 Å². The summed E-state index contributed by atoms with van der Waals surface area (Å²) in [6, 6.07) is 6.39. The van der Waals surface area contributed by atoms with Gasteiger partial charge in [0.1, 0.15) is 11.3 Å². The molecule has 0 saturated carbocycles. The quantitative estimate of drug-likeness (QED) is 0.879. The van der Waals surface area contributed by atoms with Gasteiger partial charge >= 0.3 is 0 Å². The second kappa shape index (κ2) is 4.75. The molecule has 1 aromatic carbocycles. The van der Waals surface area contributed by atoms with Crippen LogP contribution in [-0.4, -0.2) is 31.1 Å². The predicted octanol–water partition coefficient (Wildman–Crippen LogP) is 2.45. The summed E-state index contributed by atoms with van der Waals surface area (Å²) in [6.45, 7) is 9.68. The molecule has 0 bridgehead atoms. The highest BCUT2D eigenvalue weighted by atomic mass is 16.3. The van der Waals surface area contributed by atoms with E-state index in [4.69, 9.17) is 4.42 Å². The van der Waals surface area contributed by atoms with Crippen molar-refractivity contribution in [2.75, 3.05) is 26.2 Å². The fourth-order valence-electron chi connectivity index (χ4n) is 2.75. The van der Waals surface area contributed by atoms with Crippen LogP contribution < -0.4 is 5.32 Å². The molecule has 1 aromatic heterocycles.